The molecule has 4 heteroatoms. The molecule has 0 radical (unpaired) electrons. The van der Waals surface area contributed by atoms with Crippen LogP contribution < -0.4 is 5.32 Å². The topological polar surface area (TPSA) is 39.1 Å². The van der Waals surface area contributed by atoms with Crippen molar-refractivity contribution >= 4 is 0 Å². The molecule has 1 aromatic heterocycles. The number of aromatic nitrogens is 2. The minimum Gasteiger partial charge on any atom is -0.383 e. The van der Waals surface area contributed by atoms with Gasteiger partial charge in [-0.05, 0) is 25.5 Å². The number of ether oxygens (including phenoxy) is 1. The highest BCUT2D eigenvalue weighted by atomic mass is 16.5. The van der Waals surface area contributed by atoms with Crippen LogP contribution in [-0.4, -0.2) is 36.1 Å². The Balaban J connectivity index is 2.72. The van der Waals surface area contributed by atoms with E-state index in [0.717, 1.165) is 32.5 Å². The molecule has 17 heavy (non-hydrogen) atoms. The van der Waals surface area contributed by atoms with E-state index < -0.39 is 0 Å². The first-order valence-electron chi connectivity index (χ1n) is 6.52. The number of hydrogen-bond acceptors (Lipinski definition) is 3. The van der Waals surface area contributed by atoms with Gasteiger partial charge in [0.15, 0.2) is 0 Å². The third-order valence-electron chi connectivity index (χ3n) is 2.89. The third kappa shape index (κ3) is 4.13. The van der Waals surface area contributed by atoms with Crippen LogP contribution in [0.5, 0.6) is 0 Å². The Morgan fingerprint density at radius 2 is 2.12 bits per heavy atom. The van der Waals surface area contributed by atoms with Crippen molar-refractivity contribution in [3.63, 3.8) is 0 Å². The number of nitrogens with one attached hydrogen (secondary N) is 1. The van der Waals surface area contributed by atoms with Crippen molar-refractivity contribution in [3.05, 3.63) is 17.5 Å². The number of methoxy groups -OCH3 is 1. The Labute approximate surface area is 104 Å². The van der Waals surface area contributed by atoms with Crippen molar-refractivity contribution in [1.82, 2.24) is 15.1 Å². The summed E-state index contributed by atoms with van der Waals surface area (Å²) < 4.78 is 7.35. The van der Waals surface area contributed by atoms with Gasteiger partial charge in [0.05, 0.1) is 24.9 Å². The normalized spacial score (nSPS) is 12.9. The molecule has 98 valence electrons. The van der Waals surface area contributed by atoms with E-state index in [1.54, 1.807) is 7.11 Å². The van der Waals surface area contributed by atoms with E-state index in [-0.39, 0.29) is 0 Å². The molecule has 0 saturated carbocycles. The number of nitrogens with zero attached hydrogens (tertiary/aromatic N) is 2. The fraction of sp³-hybridized carbons (Fsp3) is 0.769. The van der Waals surface area contributed by atoms with E-state index in [1.165, 1.54) is 11.4 Å². The molecule has 1 aromatic rings. The summed E-state index contributed by atoms with van der Waals surface area (Å²) in [5.41, 5.74) is 2.48. The van der Waals surface area contributed by atoms with Gasteiger partial charge in [0.2, 0.25) is 0 Å². The van der Waals surface area contributed by atoms with E-state index in [2.05, 4.69) is 41.9 Å². The molecule has 0 bridgehead atoms. The molecule has 0 aromatic carbocycles. The van der Waals surface area contributed by atoms with Crippen molar-refractivity contribution in [2.75, 3.05) is 20.3 Å². The molecule has 1 heterocycles. The summed E-state index contributed by atoms with van der Waals surface area (Å²) in [7, 11) is 1.74. The fourth-order valence-corrected chi connectivity index (χ4v) is 2.01. The highest BCUT2D eigenvalue weighted by molar-refractivity contribution is 5.10. The first-order valence-corrected chi connectivity index (χ1v) is 6.52. The smallest absolute Gasteiger partial charge is 0.0633 e. The van der Waals surface area contributed by atoms with Crippen LogP contribution >= 0.6 is 0 Å². The Kier molecular flexibility index (Phi) is 6.22. The Morgan fingerprint density at radius 1 is 1.35 bits per heavy atom. The Morgan fingerprint density at radius 3 is 2.65 bits per heavy atom. The molecule has 4 nitrogen and oxygen atoms in total. The number of hydrogen-bond donors (Lipinski definition) is 1. The van der Waals surface area contributed by atoms with Crippen LogP contribution in [0.3, 0.4) is 0 Å². The van der Waals surface area contributed by atoms with E-state index in [4.69, 9.17) is 4.74 Å². The number of rotatable bonds is 8. The van der Waals surface area contributed by atoms with Gasteiger partial charge in [-0.1, -0.05) is 20.8 Å². The van der Waals surface area contributed by atoms with Crippen LogP contribution in [0.15, 0.2) is 6.07 Å². The van der Waals surface area contributed by atoms with E-state index >= 15 is 0 Å². The lowest BCUT2D eigenvalue weighted by molar-refractivity contribution is 0.157. The SMILES string of the molecule is CCNC(COC)Cn1nc(CC)cc1CC. The largest absolute Gasteiger partial charge is 0.383 e. The molecular weight excluding hydrogens is 214 g/mol. The maximum atomic E-state index is 5.23. The van der Waals surface area contributed by atoms with Gasteiger partial charge in [-0.15, -0.1) is 0 Å². The number of likely N-dealkylation sites (N-methyl/N-ethyl adjacent to an activating group) is 1. The van der Waals surface area contributed by atoms with Gasteiger partial charge in [-0.25, -0.2) is 0 Å². The second-order valence-corrected chi connectivity index (χ2v) is 4.23. The van der Waals surface area contributed by atoms with Crippen LogP contribution in [0.4, 0.5) is 0 Å². The summed E-state index contributed by atoms with van der Waals surface area (Å²) >= 11 is 0. The second kappa shape index (κ2) is 7.45. The molecule has 0 amide bonds. The highest BCUT2D eigenvalue weighted by Crippen LogP contribution is 2.07. The lowest BCUT2D eigenvalue weighted by Crippen LogP contribution is -2.37. The summed E-state index contributed by atoms with van der Waals surface area (Å²) in [6, 6.07) is 2.54. The van der Waals surface area contributed by atoms with Crippen LogP contribution in [0, 0.1) is 0 Å². The minimum atomic E-state index is 0.333. The molecule has 0 aliphatic rings. The predicted octanol–water partition coefficient (Wildman–Crippen LogP) is 1.63. The fourth-order valence-electron chi connectivity index (χ4n) is 2.01. The van der Waals surface area contributed by atoms with Gasteiger partial charge in [-0.3, -0.25) is 4.68 Å². The average Bonchev–Trinajstić information content (AvgIpc) is 2.72. The van der Waals surface area contributed by atoms with Crippen molar-refractivity contribution in [1.29, 1.82) is 0 Å². The third-order valence-corrected chi connectivity index (χ3v) is 2.89. The Bertz CT molecular complexity index is 316. The molecule has 0 aliphatic heterocycles. The second-order valence-electron chi connectivity index (χ2n) is 4.23. The first kappa shape index (κ1) is 14.2. The minimum absolute atomic E-state index is 0.333. The van der Waals surface area contributed by atoms with E-state index in [0.29, 0.717) is 6.04 Å². The zero-order valence-corrected chi connectivity index (χ0v) is 11.5. The molecule has 0 aliphatic carbocycles. The monoisotopic (exact) mass is 239 g/mol. The van der Waals surface area contributed by atoms with Gasteiger partial charge in [0, 0.05) is 12.8 Å². The molecule has 0 spiro atoms. The van der Waals surface area contributed by atoms with Crippen molar-refractivity contribution < 1.29 is 4.74 Å². The average molecular weight is 239 g/mol. The van der Waals surface area contributed by atoms with Crippen molar-refractivity contribution in [2.45, 2.75) is 46.2 Å². The molecule has 1 N–H and O–H groups in total. The maximum Gasteiger partial charge on any atom is 0.0633 e. The predicted molar refractivity (Wildman–Crippen MR) is 70.3 cm³/mol. The zero-order valence-electron chi connectivity index (χ0n) is 11.5. The van der Waals surface area contributed by atoms with Crippen LogP contribution in [0.25, 0.3) is 0 Å². The molecule has 1 atom stereocenters. The Hall–Kier alpha value is -0.870. The summed E-state index contributed by atoms with van der Waals surface area (Å²) in [6.45, 7) is 8.99. The summed E-state index contributed by atoms with van der Waals surface area (Å²) in [4.78, 5) is 0. The standard InChI is InChI=1S/C13H25N3O/c1-5-11-8-13(6-2)16(15-11)9-12(10-17-4)14-7-3/h8,12,14H,5-7,9-10H2,1-4H3. The van der Waals surface area contributed by atoms with E-state index in [1.807, 2.05) is 0 Å². The summed E-state index contributed by atoms with van der Waals surface area (Å²) in [5, 5.41) is 8.05. The van der Waals surface area contributed by atoms with Crippen LogP contribution in [0.2, 0.25) is 0 Å². The van der Waals surface area contributed by atoms with Gasteiger partial charge in [0.1, 0.15) is 0 Å². The molecule has 1 unspecified atom stereocenters. The van der Waals surface area contributed by atoms with Gasteiger partial charge < -0.3 is 10.1 Å². The first-order chi connectivity index (χ1) is 8.24. The highest BCUT2D eigenvalue weighted by Gasteiger charge is 2.11. The number of aryl methyl sites for hydroxylation is 2. The quantitative estimate of drug-likeness (QED) is 0.749. The van der Waals surface area contributed by atoms with E-state index in [9.17, 15) is 0 Å². The summed E-state index contributed by atoms with van der Waals surface area (Å²) in [6.07, 6.45) is 2.02. The van der Waals surface area contributed by atoms with Crippen molar-refractivity contribution in [3.8, 4) is 0 Å². The van der Waals surface area contributed by atoms with Gasteiger partial charge in [-0.2, -0.15) is 5.10 Å². The zero-order chi connectivity index (χ0) is 12.7. The van der Waals surface area contributed by atoms with Gasteiger partial charge in [0.25, 0.3) is 0 Å². The molecule has 0 saturated heterocycles. The lowest BCUT2D eigenvalue weighted by Gasteiger charge is -2.18. The lowest BCUT2D eigenvalue weighted by atomic mass is 10.2. The van der Waals surface area contributed by atoms with Gasteiger partial charge >= 0.3 is 0 Å². The molecular formula is C13H25N3O. The molecule has 0 fully saturated rings. The van der Waals surface area contributed by atoms with Crippen LogP contribution in [-0.2, 0) is 24.1 Å². The summed E-state index contributed by atoms with van der Waals surface area (Å²) in [5.74, 6) is 0. The molecule has 1 rings (SSSR count). The maximum absolute atomic E-state index is 5.23. The van der Waals surface area contributed by atoms with Crippen LogP contribution in [0.1, 0.15) is 32.2 Å². The van der Waals surface area contributed by atoms with Crippen molar-refractivity contribution in [2.24, 2.45) is 0 Å².